The summed E-state index contributed by atoms with van der Waals surface area (Å²) in [7, 11) is 0. The first-order chi connectivity index (χ1) is 14.8. The molecule has 2 fully saturated rings. The third-order valence-electron chi connectivity index (χ3n) is 6.05. The van der Waals surface area contributed by atoms with E-state index in [-0.39, 0.29) is 12.1 Å². The highest BCUT2D eigenvalue weighted by Crippen LogP contribution is 2.31. The molecule has 10 heteroatoms. The maximum Gasteiger partial charge on any atom is 0.406 e. The van der Waals surface area contributed by atoms with Crippen LogP contribution in [0, 0.1) is 3.70 Å². The van der Waals surface area contributed by atoms with Gasteiger partial charge in [-0.25, -0.2) is 4.79 Å². The van der Waals surface area contributed by atoms with Gasteiger partial charge in [0.05, 0.1) is 14.9 Å². The Bertz CT molecular complexity index is 919. The van der Waals surface area contributed by atoms with Gasteiger partial charge >= 0.3 is 12.2 Å². The highest BCUT2D eigenvalue weighted by Gasteiger charge is 2.30. The molecule has 170 valence electrons. The lowest BCUT2D eigenvalue weighted by atomic mass is 10.00. The summed E-state index contributed by atoms with van der Waals surface area (Å²) in [5.74, 6) is 0. The predicted molar refractivity (Wildman–Crippen MR) is 121 cm³/mol. The monoisotopic (exact) mass is 550 g/mol. The van der Waals surface area contributed by atoms with Gasteiger partial charge < -0.3 is 24.8 Å². The zero-order chi connectivity index (χ0) is 22.0. The smallest absolute Gasteiger partial charge is 0.381 e. The van der Waals surface area contributed by atoms with Gasteiger partial charge in [-0.15, -0.1) is 0 Å². The number of benzene rings is 1. The zero-order valence-electron chi connectivity index (χ0n) is 17.1. The zero-order valence-corrected chi connectivity index (χ0v) is 19.2. The van der Waals surface area contributed by atoms with E-state index in [0.717, 1.165) is 52.0 Å². The van der Waals surface area contributed by atoms with Crippen molar-refractivity contribution in [3.05, 3.63) is 28.0 Å². The molecule has 2 amide bonds. The molecule has 2 aliphatic rings. The molecule has 2 N–H and O–H groups in total. The fourth-order valence-electron chi connectivity index (χ4n) is 4.50. The topological polar surface area (TPSA) is 58.5 Å². The standard InChI is InChI=1S/C21H26F3IN4O2/c22-21(23,24)13-29-18-3-1-2-17(16(18)12-19(29)25)27-20(30)26-14-4-8-28(9-5-14)15-6-10-31-11-7-15/h1-3,12,14-15H,4-11,13H2,(H2,26,27,30). The lowest BCUT2D eigenvalue weighted by molar-refractivity contribution is -0.140. The molecule has 0 aliphatic carbocycles. The molecular formula is C21H26F3IN4O2. The summed E-state index contributed by atoms with van der Waals surface area (Å²) in [4.78, 5) is 15.1. The van der Waals surface area contributed by atoms with Gasteiger partial charge in [-0.05, 0) is 66.5 Å². The Morgan fingerprint density at radius 2 is 1.87 bits per heavy atom. The summed E-state index contributed by atoms with van der Waals surface area (Å²) >= 11 is 1.89. The SMILES string of the molecule is O=C(Nc1cccc2c1cc(I)n2CC(F)(F)F)NC1CCN(C2CCOCC2)CC1. The minimum absolute atomic E-state index is 0.0882. The van der Waals surface area contributed by atoms with Crippen molar-refractivity contribution < 1.29 is 22.7 Å². The number of nitrogens with one attached hydrogen (secondary N) is 2. The summed E-state index contributed by atoms with van der Waals surface area (Å²) in [6.07, 6.45) is -0.416. The number of rotatable bonds is 4. The molecule has 0 atom stereocenters. The van der Waals surface area contributed by atoms with Gasteiger partial charge in [0.15, 0.2) is 0 Å². The third-order valence-corrected chi connectivity index (χ3v) is 6.95. The molecule has 0 saturated carbocycles. The van der Waals surface area contributed by atoms with Crippen molar-refractivity contribution in [1.29, 1.82) is 0 Å². The van der Waals surface area contributed by atoms with Crippen LogP contribution in [0.2, 0.25) is 0 Å². The fourth-order valence-corrected chi connectivity index (χ4v) is 5.25. The second kappa shape index (κ2) is 9.53. The number of piperidine rings is 1. The van der Waals surface area contributed by atoms with Crippen molar-refractivity contribution >= 4 is 45.2 Å². The average molecular weight is 550 g/mol. The van der Waals surface area contributed by atoms with E-state index >= 15 is 0 Å². The van der Waals surface area contributed by atoms with E-state index in [2.05, 4.69) is 15.5 Å². The summed E-state index contributed by atoms with van der Waals surface area (Å²) in [6, 6.07) is 7.02. The van der Waals surface area contributed by atoms with Gasteiger partial charge in [-0.1, -0.05) is 6.07 Å². The Hall–Kier alpha value is -1.53. The summed E-state index contributed by atoms with van der Waals surface area (Å²) in [5.41, 5.74) is 0.956. The molecule has 2 aliphatic heterocycles. The van der Waals surface area contributed by atoms with Gasteiger partial charge in [0.2, 0.25) is 0 Å². The van der Waals surface area contributed by atoms with Gasteiger partial charge in [0.25, 0.3) is 0 Å². The quantitative estimate of drug-likeness (QED) is 0.549. The number of carbonyl (C=O) groups excluding carboxylic acids is 1. The minimum atomic E-state index is -4.31. The Kier molecular flexibility index (Phi) is 6.97. The van der Waals surface area contributed by atoms with Crippen molar-refractivity contribution in [3.63, 3.8) is 0 Å². The molecule has 3 heterocycles. The van der Waals surface area contributed by atoms with Gasteiger partial charge in [-0.2, -0.15) is 13.2 Å². The summed E-state index contributed by atoms with van der Waals surface area (Å²) in [6.45, 7) is 2.48. The Morgan fingerprint density at radius 1 is 1.16 bits per heavy atom. The van der Waals surface area contributed by atoms with Crippen LogP contribution in [0.25, 0.3) is 10.9 Å². The van der Waals surface area contributed by atoms with Gasteiger partial charge in [0, 0.05) is 43.8 Å². The van der Waals surface area contributed by atoms with Crippen molar-refractivity contribution in [2.75, 3.05) is 31.6 Å². The van der Waals surface area contributed by atoms with E-state index in [9.17, 15) is 18.0 Å². The van der Waals surface area contributed by atoms with Crippen LogP contribution in [0.1, 0.15) is 25.7 Å². The number of fused-ring (bicyclic) bond motifs is 1. The van der Waals surface area contributed by atoms with E-state index in [0.29, 0.717) is 26.3 Å². The van der Waals surface area contributed by atoms with Crippen LogP contribution in [-0.2, 0) is 11.3 Å². The Balaban J connectivity index is 1.36. The van der Waals surface area contributed by atoms with Crippen molar-refractivity contribution in [2.45, 2.75) is 50.5 Å². The molecule has 0 unspecified atom stereocenters. The summed E-state index contributed by atoms with van der Waals surface area (Å²) in [5, 5.41) is 6.46. The molecule has 0 radical (unpaired) electrons. The number of amides is 2. The number of urea groups is 1. The molecule has 0 spiro atoms. The maximum absolute atomic E-state index is 12.9. The molecular weight excluding hydrogens is 524 g/mol. The van der Waals surface area contributed by atoms with Crippen LogP contribution in [0.5, 0.6) is 0 Å². The van der Waals surface area contributed by atoms with E-state index in [1.165, 1.54) is 4.57 Å². The third kappa shape index (κ3) is 5.64. The fraction of sp³-hybridized carbons (Fsp3) is 0.571. The molecule has 31 heavy (non-hydrogen) atoms. The number of hydrogen-bond donors (Lipinski definition) is 2. The lowest BCUT2D eigenvalue weighted by Crippen LogP contribution is -2.49. The van der Waals surface area contributed by atoms with E-state index in [1.807, 2.05) is 22.6 Å². The van der Waals surface area contributed by atoms with E-state index in [4.69, 9.17) is 4.74 Å². The first-order valence-corrected chi connectivity index (χ1v) is 11.6. The first kappa shape index (κ1) is 22.7. The molecule has 4 rings (SSSR count). The minimum Gasteiger partial charge on any atom is -0.381 e. The van der Waals surface area contributed by atoms with Crippen LogP contribution < -0.4 is 10.6 Å². The molecule has 1 aromatic heterocycles. The molecule has 2 saturated heterocycles. The van der Waals surface area contributed by atoms with E-state index in [1.54, 1.807) is 24.3 Å². The molecule has 6 nitrogen and oxygen atoms in total. The number of ether oxygens (including phenoxy) is 1. The Morgan fingerprint density at radius 3 is 2.55 bits per heavy atom. The van der Waals surface area contributed by atoms with Crippen LogP contribution in [0.15, 0.2) is 24.3 Å². The second-order valence-corrected chi connectivity index (χ2v) is 9.26. The molecule has 1 aromatic carbocycles. The second-order valence-electron chi connectivity index (χ2n) is 8.16. The number of anilines is 1. The van der Waals surface area contributed by atoms with Crippen LogP contribution in [0.3, 0.4) is 0 Å². The number of halogens is 4. The maximum atomic E-state index is 12.9. The lowest BCUT2D eigenvalue weighted by Gasteiger charge is -2.39. The number of hydrogen-bond acceptors (Lipinski definition) is 3. The van der Waals surface area contributed by atoms with Gasteiger partial charge in [-0.3, -0.25) is 0 Å². The highest BCUT2D eigenvalue weighted by molar-refractivity contribution is 14.1. The number of likely N-dealkylation sites (tertiary alicyclic amines) is 1. The predicted octanol–water partition coefficient (Wildman–Crippen LogP) is 4.57. The normalized spacial score (nSPS) is 19.6. The highest BCUT2D eigenvalue weighted by atomic mass is 127. The van der Waals surface area contributed by atoms with Crippen LogP contribution in [0.4, 0.5) is 23.7 Å². The Labute approximate surface area is 192 Å². The van der Waals surface area contributed by atoms with Crippen molar-refractivity contribution in [1.82, 2.24) is 14.8 Å². The molecule has 2 aromatic rings. The first-order valence-electron chi connectivity index (χ1n) is 10.5. The number of aromatic nitrogens is 1. The number of alkyl halides is 3. The largest absolute Gasteiger partial charge is 0.406 e. The number of carbonyl (C=O) groups is 1. The van der Waals surface area contributed by atoms with E-state index < -0.39 is 12.7 Å². The van der Waals surface area contributed by atoms with Crippen LogP contribution in [-0.4, -0.2) is 60.1 Å². The van der Waals surface area contributed by atoms with Gasteiger partial charge in [0.1, 0.15) is 6.54 Å². The van der Waals surface area contributed by atoms with Crippen LogP contribution >= 0.6 is 22.6 Å². The van der Waals surface area contributed by atoms with Crippen molar-refractivity contribution in [2.24, 2.45) is 0 Å². The molecule has 0 bridgehead atoms. The number of nitrogens with zero attached hydrogens (tertiary/aromatic N) is 2. The summed E-state index contributed by atoms with van der Waals surface area (Å²) < 4.78 is 45.9. The average Bonchev–Trinajstić information content (AvgIpc) is 3.04. The van der Waals surface area contributed by atoms with Crippen molar-refractivity contribution in [3.8, 4) is 0 Å².